The summed E-state index contributed by atoms with van der Waals surface area (Å²) in [6, 6.07) is 0. The van der Waals surface area contributed by atoms with Gasteiger partial charge in [0, 0.05) is 19.2 Å². The maximum Gasteiger partial charge on any atom is 0.330 e. The predicted molar refractivity (Wildman–Crippen MR) is 83.7 cm³/mol. The van der Waals surface area contributed by atoms with E-state index in [1.807, 2.05) is 22.6 Å². The Morgan fingerprint density at radius 1 is 1.55 bits per heavy atom. The number of halogens is 1. The zero-order chi connectivity index (χ0) is 16.3. The summed E-state index contributed by atoms with van der Waals surface area (Å²) in [6.45, 7) is -0.384. The lowest BCUT2D eigenvalue weighted by Gasteiger charge is -2.15. The monoisotopic (exact) mass is 425 g/mol. The first-order valence-electron chi connectivity index (χ1n) is 6.57. The Morgan fingerprint density at radius 3 is 2.86 bits per heavy atom. The van der Waals surface area contributed by atoms with E-state index in [1.54, 1.807) is 0 Å². The minimum atomic E-state index is -0.893. The molecule has 22 heavy (non-hydrogen) atoms. The number of aromatic amines is 1. The van der Waals surface area contributed by atoms with Crippen molar-refractivity contribution in [3.63, 3.8) is 0 Å². The maximum absolute atomic E-state index is 11.9. The van der Waals surface area contributed by atoms with E-state index in [9.17, 15) is 19.5 Å². The summed E-state index contributed by atoms with van der Waals surface area (Å²) in [6.07, 6.45) is -1.03. The fourth-order valence-electron chi connectivity index (χ4n) is 2.16. The van der Waals surface area contributed by atoms with Crippen molar-refractivity contribution < 1.29 is 19.7 Å². The number of hydrogen-bond donors (Lipinski definition) is 4. The second-order valence-corrected chi connectivity index (χ2v) is 5.61. The Balaban J connectivity index is 2.23. The van der Waals surface area contributed by atoms with Gasteiger partial charge in [0.2, 0.25) is 5.91 Å². The second kappa shape index (κ2) is 7.35. The van der Waals surface area contributed by atoms with Crippen LogP contribution in [0.25, 0.3) is 0 Å². The van der Waals surface area contributed by atoms with Crippen LogP contribution >= 0.6 is 22.6 Å². The summed E-state index contributed by atoms with van der Waals surface area (Å²) < 4.78 is 6.78. The van der Waals surface area contributed by atoms with E-state index >= 15 is 0 Å². The molecule has 1 fully saturated rings. The lowest BCUT2D eigenvalue weighted by atomic mass is 10.2. The number of aliphatic hydroxyl groups is 2. The van der Waals surface area contributed by atoms with Crippen molar-refractivity contribution in [3.05, 3.63) is 32.6 Å². The molecular formula is C12H16IN3O6. The molecule has 1 amide bonds. The van der Waals surface area contributed by atoms with E-state index < -0.39 is 29.7 Å². The zero-order valence-corrected chi connectivity index (χ0v) is 13.6. The predicted octanol–water partition coefficient (Wildman–Crippen LogP) is -1.77. The van der Waals surface area contributed by atoms with Gasteiger partial charge in [-0.2, -0.15) is 0 Å². The van der Waals surface area contributed by atoms with E-state index in [0.29, 0.717) is 0 Å². The van der Waals surface area contributed by atoms with Crippen LogP contribution in [-0.4, -0.2) is 48.9 Å². The van der Waals surface area contributed by atoms with E-state index in [2.05, 4.69) is 10.3 Å². The van der Waals surface area contributed by atoms with Gasteiger partial charge in [0.05, 0.1) is 22.7 Å². The molecule has 0 radical (unpaired) electrons. The van der Waals surface area contributed by atoms with Crippen molar-refractivity contribution >= 4 is 28.5 Å². The Hall–Kier alpha value is -1.24. The first kappa shape index (κ1) is 17.1. The number of hydrogen-bond acceptors (Lipinski definition) is 6. The average molecular weight is 425 g/mol. The van der Waals surface area contributed by atoms with Crippen LogP contribution in [0, 0.1) is 0 Å². The van der Waals surface area contributed by atoms with Gasteiger partial charge < -0.3 is 20.3 Å². The summed E-state index contributed by atoms with van der Waals surface area (Å²) in [5, 5.41) is 21.3. The Bertz CT molecular complexity index is 657. The Labute approximate surface area is 138 Å². The van der Waals surface area contributed by atoms with Crippen LogP contribution in [0.3, 0.4) is 0 Å². The minimum Gasteiger partial charge on any atom is -0.394 e. The van der Waals surface area contributed by atoms with Gasteiger partial charge in [0.1, 0.15) is 12.3 Å². The largest absolute Gasteiger partial charge is 0.394 e. The molecule has 9 nitrogen and oxygen atoms in total. The third kappa shape index (κ3) is 3.74. The molecule has 0 saturated carbocycles. The Kier molecular flexibility index (Phi) is 5.72. The van der Waals surface area contributed by atoms with Gasteiger partial charge in [-0.15, -0.1) is 0 Å². The number of aliphatic hydroxyl groups excluding tert-OH is 2. The molecule has 1 saturated heterocycles. The Morgan fingerprint density at radius 2 is 2.27 bits per heavy atom. The first-order chi connectivity index (χ1) is 10.5. The molecule has 2 rings (SSSR count). The van der Waals surface area contributed by atoms with Crippen molar-refractivity contribution in [2.24, 2.45) is 0 Å². The smallest absolute Gasteiger partial charge is 0.330 e. The van der Waals surface area contributed by atoms with Gasteiger partial charge in [0.15, 0.2) is 0 Å². The molecule has 1 aromatic heterocycles. The SMILES string of the molecule is O=C(CI)NCc1cn([C@@H]2C[C@@H](O)[C@H](CO)O2)c(=O)[nH]c1=O. The minimum absolute atomic E-state index is 0.0177. The highest BCUT2D eigenvalue weighted by atomic mass is 127. The standard InChI is InChI=1S/C12H16IN3O6/c13-2-9(19)14-3-6-4-16(12(21)15-11(6)20)10-1-7(18)8(5-17)22-10/h4,7-8,10,17-18H,1-3,5H2,(H,14,19)(H,15,20,21)/t7-,8+,10+/m1/s1. The highest BCUT2D eigenvalue weighted by molar-refractivity contribution is 14.1. The molecule has 0 aromatic carbocycles. The molecule has 0 unspecified atom stereocenters. The molecule has 1 aliphatic rings. The number of nitrogens with one attached hydrogen (secondary N) is 2. The molecule has 10 heteroatoms. The van der Waals surface area contributed by atoms with Crippen molar-refractivity contribution in [2.45, 2.75) is 31.4 Å². The van der Waals surface area contributed by atoms with Crippen molar-refractivity contribution in [2.75, 3.05) is 11.0 Å². The summed E-state index contributed by atoms with van der Waals surface area (Å²) in [7, 11) is 0. The first-order valence-corrected chi connectivity index (χ1v) is 8.10. The number of carbonyl (C=O) groups excluding carboxylic acids is 1. The van der Waals surface area contributed by atoms with Crippen molar-refractivity contribution in [3.8, 4) is 0 Å². The fraction of sp³-hybridized carbons (Fsp3) is 0.583. The van der Waals surface area contributed by atoms with E-state index in [4.69, 9.17) is 9.84 Å². The highest BCUT2D eigenvalue weighted by Crippen LogP contribution is 2.27. The lowest BCUT2D eigenvalue weighted by molar-refractivity contribution is -0.118. The van der Waals surface area contributed by atoms with Gasteiger partial charge in [-0.05, 0) is 0 Å². The van der Waals surface area contributed by atoms with Crippen molar-refractivity contribution in [1.82, 2.24) is 14.9 Å². The third-order valence-electron chi connectivity index (χ3n) is 3.33. The van der Waals surface area contributed by atoms with Gasteiger partial charge in [-0.1, -0.05) is 22.6 Å². The highest BCUT2D eigenvalue weighted by Gasteiger charge is 2.35. The van der Waals surface area contributed by atoms with Crippen molar-refractivity contribution in [1.29, 1.82) is 0 Å². The number of aromatic nitrogens is 2. The second-order valence-electron chi connectivity index (χ2n) is 4.85. The molecule has 1 aromatic rings. The normalized spacial score (nSPS) is 24.4. The topological polar surface area (TPSA) is 134 Å². The number of rotatable bonds is 5. The van der Waals surface area contributed by atoms with Crippen LogP contribution in [0.2, 0.25) is 0 Å². The van der Waals surface area contributed by atoms with E-state index in [1.165, 1.54) is 6.20 Å². The van der Waals surface area contributed by atoms with Crippen LogP contribution in [-0.2, 0) is 16.1 Å². The van der Waals surface area contributed by atoms with Crippen LogP contribution in [0.4, 0.5) is 0 Å². The van der Waals surface area contributed by atoms with Gasteiger partial charge >= 0.3 is 5.69 Å². The third-order valence-corrected chi connectivity index (χ3v) is 4.03. The van der Waals surface area contributed by atoms with Crippen LogP contribution in [0.5, 0.6) is 0 Å². The molecular weight excluding hydrogens is 409 g/mol. The average Bonchev–Trinajstić information content (AvgIpc) is 2.86. The molecule has 0 aliphatic carbocycles. The fourth-order valence-corrected chi connectivity index (χ4v) is 2.43. The molecule has 1 aliphatic heterocycles. The zero-order valence-electron chi connectivity index (χ0n) is 11.5. The van der Waals surface area contributed by atoms with E-state index in [0.717, 1.165) is 4.57 Å². The quantitative estimate of drug-likeness (QED) is 0.326. The number of H-pyrrole nitrogens is 1. The number of alkyl halides is 1. The molecule has 2 heterocycles. The van der Waals surface area contributed by atoms with E-state index in [-0.39, 0.29) is 35.5 Å². The molecule has 0 bridgehead atoms. The van der Waals surface area contributed by atoms with Crippen LogP contribution in [0.1, 0.15) is 18.2 Å². The summed E-state index contributed by atoms with van der Waals surface area (Å²) in [4.78, 5) is 37.0. The van der Waals surface area contributed by atoms with Gasteiger partial charge in [-0.3, -0.25) is 19.1 Å². The molecule has 122 valence electrons. The molecule has 0 spiro atoms. The molecule has 3 atom stereocenters. The maximum atomic E-state index is 11.9. The number of amides is 1. The number of nitrogens with zero attached hydrogens (tertiary/aromatic N) is 1. The number of carbonyl (C=O) groups is 1. The summed E-state index contributed by atoms with van der Waals surface area (Å²) >= 11 is 1.89. The molecule has 4 N–H and O–H groups in total. The lowest BCUT2D eigenvalue weighted by Crippen LogP contribution is -2.36. The summed E-state index contributed by atoms with van der Waals surface area (Å²) in [5.74, 6) is -0.231. The van der Waals surface area contributed by atoms with Crippen LogP contribution in [0.15, 0.2) is 15.8 Å². The summed E-state index contributed by atoms with van der Waals surface area (Å²) in [5.41, 5.74) is -1.07. The van der Waals surface area contributed by atoms with Crippen LogP contribution < -0.4 is 16.6 Å². The van der Waals surface area contributed by atoms with Gasteiger partial charge in [-0.25, -0.2) is 4.79 Å². The number of ether oxygens (including phenoxy) is 1. The van der Waals surface area contributed by atoms with Gasteiger partial charge in [0.25, 0.3) is 5.56 Å².